The van der Waals surface area contributed by atoms with Gasteiger partial charge in [0.15, 0.2) is 0 Å². The predicted octanol–water partition coefficient (Wildman–Crippen LogP) is 3.68. The van der Waals surface area contributed by atoms with Crippen molar-refractivity contribution in [1.29, 1.82) is 0 Å². The van der Waals surface area contributed by atoms with E-state index < -0.39 is 17.8 Å². The van der Waals surface area contributed by atoms with Crippen LogP contribution in [0.2, 0.25) is 0 Å². The molecule has 0 bridgehead atoms. The van der Waals surface area contributed by atoms with Crippen LogP contribution in [0.5, 0.6) is 0 Å². The molecule has 2 N–H and O–H groups in total. The highest BCUT2D eigenvalue weighted by atomic mass is 32.2. The Balaban J connectivity index is 2.18. The molecule has 0 aliphatic rings. The Morgan fingerprint density at radius 2 is 1.94 bits per heavy atom. The van der Waals surface area contributed by atoms with Crippen LogP contribution in [0.15, 0.2) is 53.6 Å². The molecular formula is C24H26N2O4S. The van der Waals surface area contributed by atoms with Gasteiger partial charge in [0.1, 0.15) is 6.29 Å². The number of aldehydes is 1. The van der Waals surface area contributed by atoms with Crippen LogP contribution in [-0.4, -0.2) is 35.6 Å². The Morgan fingerprint density at radius 1 is 1.19 bits per heavy atom. The molecule has 0 saturated heterocycles. The largest absolute Gasteiger partial charge is 0.466 e. The number of thioether (sulfide) groups is 1. The van der Waals surface area contributed by atoms with Crippen LogP contribution >= 0.6 is 11.8 Å². The zero-order valence-corrected chi connectivity index (χ0v) is 18.5. The van der Waals surface area contributed by atoms with E-state index >= 15 is 0 Å². The van der Waals surface area contributed by atoms with Crippen molar-refractivity contribution in [1.82, 2.24) is 4.57 Å². The summed E-state index contributed by atoms with van der Waals surface area (Å²) in [6.07, 6.45) is 2.82. The van der Waals surface area contributed by atoms with Crippen molar-refractivity contribution in [2.24, 2.45) is 5.73 Å². The normalized spacial score (nSPS) is 11.9. The third-order valence-electron chi connectivity index (χ3n) is 5.17. The second-order valence-corrected chi connectivity index (χ2v) is 7.98. The first-order valence-electron chi connectivity index (χ1n) is 10.1. The summed E-state index contributed by atoms with van der Waals surface area (Å²) in [5.41, 5.74) is 9.16. The first-order valence-corrected chi connectivity index (χ1v) is 11.3. The molecule has 2 aromatic carbocycles. The average molecular weight is 439 g/mol. The molecule has 31 heavy (non-hydrogen) atoms. The lowest BCUT2D eigenvalue weighted by Gasteiger charge is -2.14. The van der Waals surface area contributed by atoms with Crippen LogP contribution in [0.1, 0.15) is 36.0 Å². The predicted molar refractivity (Wildman–Crippen MR) is 122 cm³/mol. The minimum absolute atomic E-state index is 0.0373. The van der Waals surface area contributed by atoms with Crippen molar-refractivity contribution < 1.29 is 19.1 Å². The molecule has 0 fully saturated rings. The summed E-state index contributed by atoms with van der Waals surface area (Å²) in [6, 6.07) is 15.7. The van der Waals surface area contributed by atoms with Gasteiger partial charge in [-0.05, 0) is 36.4 Å². The lowest BCUT2D eigenvalue weighted by Crippen LogP contribution is -2.16. The molecule has 1 atom stereocenters. The Bertz CT molecular complexity index is 1090. The third-order valence-corrected chi connectivity index (χ3v) is 6.03. The number of rotatable bonds is 10. The molecule has 0 aliphatic carbocycles. The smallest absolute Gasteiger partial charge is 0.313 e. The molecule has 0 spiro atoms. The van der Waals surface area contributed by atoms with Crippen LogP contribution < -0.4 is 5.73 Å². The summed E-state index contributed by atoms with van der Waals surface area (Å²) < 4.78 is 7.33. The zero-order valence-electron chi connectivity index (χ0n) is 17.7. The molecule has 1 aromatic heterocycles. The highest BCUT2D eigenvalue weighted by molar-refractivity contribution is 7.98. The van der Waals surface area contributed by atoms with E-state index in [2.05, 4.69) is 16.7 Å². The van der Waals surface area contributed by atoms with Gasteiger partial charge in [-0.15, -0.1) is 11.8 Å². The highest BCUT2D eigenvalue weighted by Gasteiger charge is 2.24. The van der Waals surface area contributed by atoms with E-state index in [9.17, 15) is 14.4 Å². The van der Waals surface area contributed by atoms with E-state index in [1.807, 2.05) is 42.7 Å². The lowest BCUT2D eigenvalue weighted by atomic mass is 9.94. The second-order valence-electron chi connectivity index (χ2n) is 7.19. The number of benzene rings is 2. The summed E-state index contributed by atoms with van der Waals surface area (Å²) in [6.45, 7) is 2.62. The van der Waals surface area contributed by atoms with Crippen LogP contribution in [-0.2, 0) is 32.1 Å². The molecule has 0 radical (unpaired) electrons. The fraction of sp³-hybridized carbons (Fsp3) is 0.292. The molecule has 0 aliphatic heterocycles. The molecular weight excluding hydrogens is 412 g/mol. The molecule has 1 heterocycles. The molecule has 1 unspecified atom stereocenters. The lowest BCUT2D eigenvalue weighted by molar-refractivity contribution is -0.145. The number of amides is 1. The van der Waals surface area contributed by atoms with Gasteiger partial charge in [-0.25, -0.2) is 0 Å². The number of hydrogen-bond acceptors (Lipinski definition) is 5. The number of hydrogen-bond donors (Lipinski definition) is 1. The SMILES string of the molecule is CCOC(=O)C(CC=O)c1ccc2c(c1)c(CC(N)=O)c(SC)n2Cc1ccccc1. The van der Waals surface area contributed by atoms with Gasteiger partial charge in [-0.3, -0.25) is 9.59 Å². The first kappa shape index (κ1) is 22.6. The molecule has 162 valence electrons. The summed E-state index contributed by atoms with van der Waals surface area (Å²) >= 11 is 1.56. The Labute approximate surface area is 185 Å². The van der Waals surface area contributed by atoms with Crippen molar-refractivity contribution in [2.75, 3.05) is 12.9 Å². The van der Waals surface area contributed by atoms with E-state index in [0.29, 0.717) is 12.1 Å². The molecule has 3 aromatic rings. The number of nitrogens with two attached hydrogens (primary N) is 1. The standard InChI is InChI=1S/C24H26N2O4S/c1-3-30-24(29)18(11-12-27)17-9-10-21-19(13-17)20(14-22(25)28)23(31-2)26(21)15-16-7-5-4-6-8-16/h4-10,12-13,18H,3,11,14-15H2,1-2H3,(H2,25,28). The van der Waals surface area contributed by atoms with Crippen LogP contribution in [0, 0.1) is 0 Å². The van der Waals surface area contributed by atoms with E-state index in [-0.39, 0.29) is 19.4 Å². The van der Waals surface area contributed by atoms with Gasteiger partial charge in [-0.2, -0.15) is 0 Å². The number of esters is 1. The van der Waals surface area contributed by atoms with E-state index in [4.69, 9.17) is 10.5 Å². The maximum Gasteiger partial charge on any atom is 0.313 e. The number of carbonyl (C=O) groups excluding carboxylic acids is 3. The van der Waals surface area contributed by atoms with Crippen molar-refractivity contribution in [2.45, 2.75) is 37.3 Å². The van der Waals surface area contributed by atoms with Crippen LogP contribution in [0.4, 0.5) is 0 Å². The minimum Gasteiger partial charge on any atom is -0.466 e. The van der Waals surface area contributed by atoms with Crippen molar-refractivity contribution in [3.8, 4) is 0 Å². The number of ether oxygens (including phenoxy) is 1. The van der Waals surface area contributed by atoms with Gasteiger partial charge < -0.3 is 19.8 Å². The monoisotopic (exact) mass is 438 g/mol. The summed E-state index contributed by atoms with van der Waals surface area (Å²) in [5.74, 6) is -1.54. The average Bonchev–Trinajstić information content (AvgIpc) is 3.04. The second kappa shape index (κ2) is 10.3. The van der Waals surface area contributed by atoms with Crippen molar-refractivity contribution >= 4 is 40.8 Å². The maximum absolute atomic E-state index is 12.4. The van der Waals surface area contributed by atoms with Gasteiger partial charge in [0.05, 0.1) is 24.0 Å². The Morgan fingerprint density at radius 3 is 2.55 bits per heavy atom. The number of fused-ring (bicyclic) bond motifs is 1. The quantitative estimate of drug-likeness (QED) is 0.296. The fourth-order valence-corrected chi connectivity index (χ4v) is 4.66. The van der Waals surface area contributed by atoms with Crippen molar-refractivity contribution in [3.63, 3.8) is 0 Å². The number of primary amides is 1. The summed E-state index contributed by atoms with van der Waals surface area (Å²) in [5, 5.41) is 1.81. The van der Waals surface area contributed by atoms with Crippen molar-refractivity contribution in [3.05, 3.63) is 65.2 Å². The van der Waals surface area contributed by atoms with Gasteiger partial charge >= 0.3 is 5.97 Å². The summed E-state index contributed by atoms with van der Waals surface area (Å²) in [7, 11) is 0. The Hall–Kier alpha value is -3.06. The third kappa shape index (κ3) is 4.99. The Kier molecular flexibility index (Phi) is 7.52. The van der Waals surface area contributed by atoms with E-state index in [1.54, 1.807) is 18.7 Å². The van der Waals surface area contributed by atoms with E-state index in [1.165, 1.54) is 0 Å². The van der Waals surface area contributed by atoms with Crippen LogP contribution in [0.25, 0.3) is 10.9 Å². The molecule has 1 amide bonds. The van der Waals surface area contributed by atoms with Gasteiger partial charge in [0.2, 0.25) is 5.91 Å². The number of aromatic nitrogens is 1. The number of carbonyl (C=O) groups is 3. The topological polar surface area (TPSA) is 91.4 Å². The molecule has 0 saturated carbocycles. The maximum atomic E-state index is 12.4. The molecule has 6 nitrogen and oxygen atoms in total. The molecule has 7 heteroatoms. The van der Waals surface area contributed by atoms with Gasteiger partial charge in [0, 0.05) is 29.4 Å². The van der Waals surface area contributed by atoms with Gasteiger partial charge in [-0.1, -0.05) is 36.4 Å². The molecule has 3 rings (SSSR count). The minimum atomic E-state index is -0.682. The van der Waals surface area contributed by atoms with Gasteiger partial charge in [0.25, 0.3) is 0 Å². The van der Waals surface area contributed by atoms with E-state index in [0.717, 1.165) is 33.3 Å². The number of nitrogens with zero attached hydrogens (tertiary/aromatic N) is 1. The zero-order chi connectivity index (χ0) is 22.4. The fourth-order valence-electron chi connectivity index (χ4n) is 3.84. The van der Waals surface area contributed by atoms with Crippen LogP contribution in [0.3, 0.4) is 0 Å². The first-order chi connectivity index (χ1) is 15.0. The summed E-state index contributed by atoms with van der Waals surface area (Å²) in [4.78, 5) is 35.5. The highest BCUT2D eigenvalue weighted by Crippen LogP contribution is 2.36.